The highest BCUT2D eigenvalue weighted by atomic mass is 35.5. The highest BCUT2D eigenvalue weighted by Gasteiger charge is 2.06. The lowest BCUT2D eigenvalue weighted by molar-refractivity contribution is 0.965. The number of benzene rings is 2. The van der Waals surface area contributed by atoms with E-state index in [-0.39, 0.29) is 0 Å². The summed E-state index contributed by atoms with van der Waals surface area (Å²) >= 11 is 12.3. The van der Waals surface area contributed by atoms with Crippen LogP contribution in [-0.2, 0) is 6.54 Å². The summed E-state index contributed by atoms with van der Waals surface area (Å²) < 4.78 is 0. The van der Waals surface area contributed by atoms with E-state index in [1.165, 1.54) is 0 Å². The van der Waals surface area contributed by atoms with Gasteiger partial charge in [0.25, 0.3) is 0 Å². The van der Waals surface area contributed by atoms with Gasteiger partial charge in [-0.3, -0.25) is 0 Å². The van der Waals surface area contributed by atoms with E-state index in [0.717, 1.165) is 16.8 Å². The smallest absolute Gasteiger partial charge is 0.249 e. The van der Waals surface area contributed by atoms with E-state index in [2.05, 4.69) is 25.8 Å². The van der Waals surface area contributed by atoms with E-state index in [4.69, 9.17) is 23.2 Å². The minimum atomic E-state index is 0.393. The van der Waals surface area contributed by atoms with Crippen LogP contribution in [0.1, 0.15) is 11.1 Å². The Morgan fingerprint density at radius 3 is 2.62 bits per heavy atom. The van der Waals surface area contributed by atoms with Gasteiger partial charge in [-0.05, 0) is 36.2 Å². The van der Waals surface area contributed by atoms with Crippen LogP contribution >= 0.6 is 23.2 Å². The number of hydrogen-bond acceptors (Lipinski definition) is 5. The van der Waals surface area contributed by atoms with E-state index in [9.17, 15) is 0 Å². The van der Waals surface area contributed by atoms with Gasteiger partial charge in [0.15, 0.2) is 5.82 Å². The van der Waals surface area contributed by atoms with Crippen molar-refractivity contribution in [1.82, 2.24) is 15.2 Å². The molecule has 0 spiro atoms. The fourth-order valence-corrected chi connectivity index (χ4v) is 2.51. The van der Waals surface area contributed by atoms with Crippen LogP contribution in [0.15, 0.2) is 48.7 Å². The molecular formula is C17H15Cl2N5. The van der Waals surface area contributed by atoms with Gasteiger partial charge in [0.2, 0.25) is 5.95 Å². The summed E-state index contributed by atoms with van der Waals surface area (Å²) in [6.45, 7) is 2.48. The van der Waals surface area contributed by atoms with E-state index in [1.54, 1.807) is 6.20 Å². The van der Waals surface area contributed by atoms with Gasteiger partial charge < -0.3 is 10.6 Å². The zero-order valence-corrected chi connectivity index (χ0v) is 14.4. The summed E-state index contributed by atoms with van der Waals surface area (Å²) in [6, 6.07) is 13.3. The molecule has 0 atom stereocenters. The summed E-state index contributed by atoms with van der Waals surface area (Å²) in [6.07, 6.45) is 1.56. The maximum Gasteiger partial charge on any atom is 0.249 e. The molecule has 0 aliphatic carbocycles. The standard InChI is InChI=1S/C17H15Cl2N5/c1-11-13(18)7-4-8-15(11)22-17-23-16(10-21-24-17)20-9-12-5-2-3-6-14(12)19/h2-8,10H,9H2,1H3,(H2,20,22,23,24). The molecule has 0 fully saturated rings. The van der Waals surface area contributed by atoms with Crippen molar-refractivity contribution >= 4 is 40.7 Å². The molecule has 0 saturated heterocycles. The number of hydrogen-bond donors (Lipinski definition) is 2. The molecule has 0 aliphatic rings. The molecule has 7 heteroatoms. The lowest BCUT2D eigenvalue weighted by Crippen LogP contribution is -2.06. The molecule has 1 aromatic heterocycles. The van der Waals surface area contributed by atoms with E-state index >= 15 is 0 Å². The summed E-state index contributed by atoms with van der Waals surface area (Å²) in [5.41, 5.74) is 2.75. The molecule has 0 bridgehead atoms. The Kier molecular flexibility index (Phi) is 5.13. The van der Waals surface area contributed by atoms with Crippen LogP contribution in [0.2, 0.25) is 10.0 Å². The summed E-state index contributed by atoms with van der Waals surface area (Å²) in [7, 11) is 0. The first-order valence-electron chi connectivity index (χ1n) is 7.32. The number of nitrogens with one attached hydrogen (secondary N) is 2. The Hall–Kier alpha value is -2.37. The molecule has 0 radical (unpaired) electrons. The van der Waals surface area contributed by atoms with Crippen molar-refractivity contribution in [2.45, 2.75) is 13.5 Å². The maximum atomic E-state index is 6.15. The van der Waals surface area contributed by atoms with Gasteiger partial charge in [0.1, 0.15) is 0 Å². The first kappa shape index (κ1) is 16.5. The van der Waals surface area contributed by atoms with Crippen LogP contribution in [0.3, 0.4) is 0 Å². The third kappa shape index (κ3) is 3.93. The average Bonchev–Trinajstić information content (AvgIpc) is 2.59. The van der Waals surface area contributed by atoms with Crippen molar-refractivity contribution in [1.29, 1.82) is 0 Å². The van der Waals surface area contributed by atoms with Crippen molar-refractivity contribution in [2.24, 2.45) is 0 Å². The molecule has 0 saturated carbocycles. The molecule has 0 amide bonds. The summed E-state index contributed by atoms with van der Waals surface area (Å²) in [4.78, 5) is 4.40. The first-order chi connectivity index (χ1) is 11.6. The number of halogens is 2. The zero-order chi connectivity index (χ0) is 16.9. The molecule has 3 rings (SSSR count). The van der Waals surface area contributed by atoms with Crippen LogP contribution in [0, 0.1) is 6.92 Å². The molecule has 1 heterocycles. The third-order valence-electron chi connectivity index (χ3n) is 3.49. The van der Waals surface area contributed by atoms with Crippen LogP contribution < -0.4 is 10.6 Å². The van der Waals surface area contributed by atoms with E-state index in [0.29, 0.717) is 28.4 Å². The highest BCUT2D eigenvalue weighted by molar-refractivity contribution is 6.31. The Morgan fingerprint density at radius 1 is 1.00 bits per heavy atom. The van der Waals surface area contributed by atoms with Gasteiger partial charge >= 0.3 is 0 Å². The van der Waals surface area contributed by atoms with Crippen molar-refractivity contribution in [3.63, 3.8) is 0 Å². The average molecular weight is 360 g/mol. The molecule has 5 nitrogen and oxygen atoms in total. The first-order valence-corrected chi connectivity index (χ1v) is 8.08. The lowest BCUT2D eigenvalue weighted by Gasteiger charge is -2.10. The zero-order valence-electron chi connectivity index (χ0n) is 12.9. The summed E-state index contributed by atoms with van der Waals surface area (Å²) in [5, 5.41) is 15.7. The quantitative estimate of drug-likeness (QED) is 0.682. The normalized spacial score (nSPS) is 10.5. The molecule has 0 aliphatic heterocycles. The van der Waals surface area contributed by atoms with Crippen LogP contribution in [0.5, 0.6) is 0 Å². The molecule has 2 aromatic carbocycles. The fourth-order valence-electron chi connectivity index (χ4n) is 2.13. The van der Waals surface area contributed by atoms with Crippen molar-refractivity contribution in [3.8, 4) is 0 Å². The SMILES string of the molecule is Cc1c(Cl)cccc1Nc1nncc(NCc2ccccc2Cl)n1. The van der Waals surface area contributed by atoms with Gasteiger partial charge in [-0.2, -0.15) is 10.1 Å². The number of anilines is 3. The Morgan fingerprint density at radius 2 is 1.79 bits per heavy atom. The minimum absolute atomic E-state index is 0.393. The van der Waals surface area contributed by atoms with E-state index in [1.807, 2.05) is 49.4 Å². The number of aromatic nitrogens is 3. The van der Waals surface area contributed by atoms with Crippen LogP contribution in [-0.4, -0.2) is 15.2 Å². The predicted octanol–water partition coefficient (Wildman–Crippen LogP) is 4.84. The molecule has 2 N–H and O–H groups in total. The largest absolute Gasteiger partial charge is 0.364 e. The molecule has 3 aromatic rings. The van der Waals surface area contributed by atoms with Gasteiger partial charge in [0.05, 0.1) is 6.20 Å². The second-order valence-electron chi connectivity index (χ2n) is 5.15. The van der Waals surface area contributed by atoms with Crippen LogP contribution in [0.4, 0.5) is 17.5 Å². The van der Waals surface area contributed by atoms with E-state index < -0.39 is 0 Å². The lowest BCUT2D eigenvalue weighted by atomic mass is 10.2. The molecule has 122 valence electrons. The number of nitrogens with zero attached hydrogens (tertiary/aromatic N) is 3. The Bertz CT molecular complexity index is 854. The third-order valence-corrected chi connectivity index (χ3v) is 4.27. The van der Waals surface area contributed by atoms with Crippen molar-refractivity contribution in [2.75, 3.05) is 10.6 Å². The van der Waals surface area contributed by atoms with Gasteiger partial charge in [0, 0.05) is 22.3 Å². The fraction of sp³-hybridized carbons (Fsp3) is 0.118. The predicted molar refractivity (Wildman–Crippen MR) is 98.1 cm³/mol. The second kappa shape index (κ2) is 7.47. The summed E-state index contributed by atoms with van der Waals surface area (Å²) in [5.74, 6) is 0.997. The van der Waals surface area contributed by atoms with Crippen molar-refractivity contribution < 1.29 is 0 Å². The number of rotatable bonds is 5. The molecule has 0 unspecified atom stereocenters. The van der Waals surface area contributed by atoms with Crippen LogP contribution in [0.25, 0.3) is 0 Å². The second-order valence-corrected chi connectivity index (χ2v) is 5.96. The maximum absolute atomic E-state index is 6.15. The molecular weight excluding hydrogens is 345 g/mol. The van der Waals surface area contributed by atoms with Crippen molar-refractivity contribution in [3.05, 3.63) is 69.8 Å². The van der Waals surface area contributed by atoms with Gasteiger partial charge in [-0.15, -0.1) is 5.10 Å². The Balaban J connectivity index is 1.72. The van der Waals surface area contributed by atoms with Gasteiger partial charge in [-0.1, -0.05) is 47.5 Å². The highest BCUT2D eigenvalue weighted by Crippen LogP contribution is 2.25. The van der Waals surface area contributed by atoms with Gasteiger partial charge in [-0.25, -0.2) is 0 Å². The molecule has 24 heavy (non-hydrogen) atoms. The minimum Gasteiger partial charge on any atom is -0.364 e. The Labute approximate surface area is 150 Å². The topological polar surface area (TPSA) is 62.7 Å². The monoisotopic (exact) mass is 359 g/mol.